The van der Waals surface area contributed by atoms with Crippen molar-refractivity contribution in [3.05, 3.63) is 0 Å². The minimum atomic E-state index is -0.160. The van der Waals surface area contributed by atoms with Gasteiger partial charge in [0.25, 0.3) is 0 Å². The molecule has 76 valence electrons. The van der Waals surface area contributed by atoms with Gasteiger partial charge in [0.1, 0.15) is 0 Å². The Morgan fingerprint density at radius 2 is 2.00 bits per heavy atom. The number of amides is 2. The molecule has 0 aromatic rings. The topological polar surface area (TPSA) is 37.4 Å². The zero-order valence-electron chi connectivity index (χ0n) is 8.62. The fraction of sp³-hybridized carbons (Fsp3) is 0.636. The van der Waals surface area contributed by atoms with E-state index >= 15 is 0 Å². The molecule has 0 N–H and O–H groups in total. The standard InChI is InChI=1S/C11H15NO2/c1-4-5-9(3)12-10(13)6-8(2)7-11(12)14/h1,8-9H,5-7H2,2-3H3. The number of carbonyl (C=O) groups is 2. The molecule has 1 fully saturated rings. The number of hydrogen-bond donors (Lipinski definition) is 0. The van der Waals surface area contributed by atoms with E-state index < -0.39 is 0 Å². The van der Waals surface area contributed by atoms with Crippen LogP contribution in [0, 0.1) is 18.3 Å². The van der Waals surface area contributed by atoms with Crippen LogP contribution in [0.25, 0.3) is 0 Å². The Morgan fingerprint density at radius 1 is 1.50 bits per heavy atom. The van der Waals surface area contributed by atoms with Crippen LogP contribution in [0.2, 0.25) is 0 Å². The molecular weight excluding hydrogens is 178 g/mol. The molecule has 0 bridgehead atoms. The molecule has 0 aromatic heterocycles. The maximum atomic E-state index is 11.6. The lowest BCUT2D eigenvalue weighted by Gasteiger charge is -2.32. The molecular formula is C11H15NO2. The maximum absolute atomic E-state index is 11.6. The van der Waals surface area contributed by atoms with Crippen LogP contribution in [-0.2, 0) is 9.59 Å². The molecule has 0 aromatic carbocycles. The van der Waals surface area contributed by atoms with Gasteiger partial charge < -0.3 is 0 Å². The van der Waals surface area contributed by atoms with Gasteiger partial charge in [-0.3, -0.25) is 14.5 Å². The van der Waals surface area contributed by atoms with E-state index in [2.05, 4.69) is 5.92 Å². The second-order valence-corrected chi connectivity index (χ2v) is 3.93. The van der Waals surface area contributed by atoms with E-state index in [0.717, 1.165) is 0 Å². The minimum Gasteiger partial charge on any atom is -0.279 e. The monoisotopic (exact) mass is 193 g/mol. The molecule has 1 unspecified atom stereocenters. The number of likely N-dealkylation sites (tertiary alicyclic amines) is 1. The number of imide groups is 1. The molecule has 3 nitrogen and oxygen atoms in total. The highest BCUT2D eigenvalue weighted by Crippen LogP contribution is 2.21. The summed E-state index contributed by atoms with van der Waals surface area (Å²) in [6.07, 6.45) is 6.51. The highest BCUT2D eigenvalue weighted by Gasteiger charge is 2.32. The van der Waals surface area contributed by atoms with Crippen molar-refractivity contribution in [2.24, 2.45) is 5.92 Å². The van der Waals surface area contributed by atoms with Crippen LogP contribution in [0.15, 0.2) is 0 Å². The molecule has 1 rings (SSSR count). The van der Waals surface area contributed by atoms with Crippen LogP contribution in [0.4, 0.5) is 0 Å². The second kappa shape index (κ2) is 4.28. The van der Waals surface area contributed by atoms with Gasteiger partial charge in [-0.1, -0.05) is 6.92 Å². The summed E-state index contributed by atoms with van der Waals surface area (Å²) in [6.45, 7) is 3.73. The first-order chi connectivity index (χ1) is 6.56. The van der Waals surface area contributed by atoms with Crippen molar-refractivity contribution in [3.8, 4) is 12.3 Å². The molecule has 0 spiro atoms. The Balaban J connectivity index is 2.73. The number of piperidine rings is 1. The largest absolute Gasteiger partial charge is 0.279 e. The first-order valence-corrected chi connectivity index (χ1v) is 4.84. The van der Waals surface area contributed by atoms with Gasteiger partial charge >= 0.3 is 0 Å². The van der Waals surface area contributed by atoms with Crippen LogP contribution in [0.5, 0.6) is 0 Å². The predicted octanol–water partition coefficient (Wildman–Crippen LogP) is 1.18. The molecule has 0 saturated carbocycles. The Bertz CT molecular complexity index is 272. The quantitative estimate of drug-likeness (QED) is 0.488. The van der Waals surface area contributed by atoms with E-state index in [1.54, 1.807) is 0 Å². The summed E-state index contributed by atoms with van der Waals surface area (Å²) in [4.78, 5) is 24.5. The fourth-order valence-corrected chi connectivity index (χ4v) is 1.76. The van der Waals surface area contributed by atoms with Crippen LogP contribution in [0.1, 0.15) is 33.1 Å². The molecule has 14 heavy (non-hydrogen) atoms. The van der Waals surface area contributed by atoms with E-state index in [0.29, 0.717) is 19.3 Å². The average molecular weight is 193 g/mol. The van der Waals surface area contributed by atoms with Crippen LogP contribution >= 0.6 is 0 Å². The zero-order chi connectivity index (χ0) is 10.7. The Kier molecular flexibility index (Phi) is 3.29. The van der Waals surface area contributed by atoms with Crippen molar-refractivity contribution >= 4 is 11.8 Å². The predicted molar refractivity (Wildman–Crippen MR) is 53.2 cm³/mol. The highest BCUT2D eigenvalue weighted by atomic mass is 16.2. The van der Waals surface area contributed by atoms with E-state index in [9.17, 15) is 9.59 Å². The SMILES string of the molecule is C#CCC(C)N1C(=O)CC(C)CC1=O. The molecule has 2 amide bonds. The van der Waals surface area contributed by atoms with Gasteiger partial charge in [-0.05, 0) is 12.8 Å². The summed E-state index contributed by atoms with van der Waals surface area (Å²) in [5.74, 6) is 2.47. The van der Waals surface area contributed by atoms with Gasteiger partial charge in [0.2, 0.25) is 11.8 Å². The smallest absolute Gasteiger partial charge is 0.229 e. The molecule has 1 heterocycles. The molecule has 1 aliphatic heterocycles. The summed E-state index contributed by atoms with van der Waals surface area (Å²) < 4.78 is 0. The van der Waals surface area contributed by atoms with E-state index in [1.807, 2.05) is 13.8 Å². The number of rotatable bonds is 2. The molecule has 1 saturated heterocycles. The van der Waals surface area contributed by atoms with E-state index in [1.165, 1.54) is 4.90 Å². The third-order valence-electron chi connectivity index (χ3n) is 2.44. The number of terminal acetylenes is 1. The van der Waals surface area contributed by atoms with E-state index in [4.69, 9.17) is 6.42 Å². The van der Waals surface area contributed by atoms with Crippen LogP contribution in [0.3, 0.4) is 0 Å². The maximum Gasteiger partial charge on any atom is 0.229 e. The van der Waals surface area contributed by atoms with Gasteiger partial charge in [-0.25, -0.2) is 0 Å². The third-order valence-corrected chi connectivity index (χ3v) is 2.44. The van der Waals surface area contributed by atoms with Crippen molar-refractivity contribution in [1.82, 2.24) is 4.90 Å². The zero-order valence-corrected chi connectivity index (χ0v) is 8.62. The summed E-state index contributed by atoms with van der Waals surface area (Å²) >= 11 is 0. The molecule has 1 atom stereocenters. The summed E-state index contributed by atoms with van der Waals surface area (Å²) in [6, 6.07) is -0.160. The number of nitrogens with zero attached hydrogens (tertiary/aromatic N) is 1. The van der Waals surface area contributed by atoms with Gasteiger partial charge in [-0.2, -0.15) is 0 Å². The normalized spacial score (nSPS) is 20.8. The number of hydrogen-bond acceptors (Lipinski definition) is 2. The lowest BCUT2D eigenvalue weighted by atomic mass is 9.96. The summed E-state index contributed by atoms with van der Waals surface area (Å²) in [5, 5.41) is 0. The van der Waals surface area contributed by atoms with Crippen molar-refractivity contribution in [2.75, 3.05) is 0 Å². The number of carbonyl (C=O) groups excluding carboxylic acids is 2. The van der Waals surface area contributed by atoms with Crippen molar-refractivity contribution in [2.45, 2.75) is 39.2 Å². The fourth-order valence-electron chi connectivity index (χ4n) is 1.76. The van der Waals surface area contributed by atoms with Crippen molar-refractivity contribution in [3.63, 3.8) is 0 Å². The summed E-state index contributed by atoms with van der Waals surface area (Å²) in [7, 11) is 0. The van der Waals surface area contributed by atoms with Gasteiger partial charge in [0, 0.05) is 25.3 Å². The Morgan fingerprint density at radius 3 is 2.43 bits per heavy atom. The first kappa shape index (κ1) is 10.8. The second-order valence-electron chi connectivity index (χ2n) is 3.93. The lowest BCUT2D eigenvalue weighted by Crippen LogP contribution is -2.47. The summed E-state index contributed by atoms with van der Waals surface area (Å²) in [5.41, 5.74) is 0. The third kappa shape index (κ3) is 2.14. The lowest BCUT2D eigenvalue weighted by molar-refractivity contribution is -0.152. The Hall–Kier alpha value is -1.30. The molecule has 0 aliphatic carbocycles. The van der Waals surface area contributed by atoms with Crippen LogP contribution in [-0.4, -0.2) is 22.8 Å². The molecule has 3 heteroatoms. The van der Waals surface area contributed by atoms with Gasteiger partial charge in [0.05, 0.1) is 0 Å². The minimum absolute atomic E-state index is 0.0866. The van der Waals surface area contributed by atoms with Gasteiger partial charge in [0.15, 0.2) is 0 Å². The van der Waals surface area contributed by atoms with Crippen molar-refractivity contribution in [1.29, 1.82) is 0 Å². The Labute approximate surface area is 84.5 Å². The molecule has 0 radical (unpaired) electrons. The molecule has 1 aliphatic rings. The van der Waals surface area contributed by atoms with Gasteiger partial charge in [-0.15, -0.1) is 12.3 Å². The van der Waals surface area contributed by atoms with Crippen LogP contribution < -0.4 is 0 Å². The highest BCUT2D eigenvalue weighted by molar-refractivity contribution is 5.98. The van der Waals surface area contributed by atoms with Crippen molar-refractivity contribution < 1.29 is 9.59 Å². The first-order valence-electron chi connectivity index (χ1n) is 4.84. The van der Waals surface area contributed by atoms with E-state index in [-0.39, 0.29) is 23.8 Å². The average Bonchev–Trinajstić information content (AvgIpc) is 2.01.